The average molecular weight is 346 g/mol. The van der Waals surface area contributed by atoms with Gasteiger partial charge in [-0.05, 0) is 47.9 Å². The molecule has 2 amide bonds. The molecule has 4 rings (SSSR count). The first-order valence-corrected chi connectivity index (χ1v) is 8.32. The van der Waals surface area contributed by atoms with E-state index in [9.17, 15) is 9.59 Å². The van der Waals surface area contributed by atoms with Crippen molar-refractivity contribution in [2.45, 2.75) is 13.5 Å². The normalized spacial score (nSPS) is 13.8. The number of anilines is 1. The first-order valence-electron chi connectivity index (χ1n) is 8.32. The zero-order valence-corrected chi connectivity index (χ0v) is 14.6. The van der Waals surface area contributed by atoms with Crippen molar-refractivity contribution in [3.05, 3.63) is 59.8 Å². The van der Waals surface area contributed by atoms with Crippen LogP contribution in [-0.4, -0.2) is 26.5 Å². The van der Waals surface area contributed by atoms with Gasteiger partial charge in [0.1, 0.15) is 0 Å². The van der Waals surface area contributed by atoms with Crippen LogP contribution in [0.2, 0.25) is 0 Å². The monoisotopic (exact) mass is 346 g/mol. The van der Waals surface area contributed by atoms with Crippen molar-refractivity contribution in [1.82, 2.24) is 14.7 Å². The maximum Gasteiger partial charge on any atom is 0.261 e. The molecule has 2 N–H and O–H groups in total. The van der Waals surface area contributed by atoms with Crippen LogP contribution in [0.15, 0.2) is 48.7 Å². The van der Waals surface area contributed by atoms with Crippen LogP contribution in [0.25, 0.3) is 22.0 Å². The summed E-state index contributed by atoms with van der Waals surface area (Å²) >= 11 is 0. The summed E-state index contributed by atoms with van der Waals surface area (Å²) in [7, 11) is 1.89. The molecule has 0 unspecified atom stereocenters. The highest BCUT2D eigenvalue weighted by molar-refractivity contribution is 6.12. The van der Waals surface area contributed by atoms with Gasteiger partial charge in [-0.3, -0.25) is 19.2 Å². The highest BCUT2D eigenvalue weighted by Gasteiger charge is 2.33. The number of fused-ring (bicyclic) bond motifs is 2. The summed E-state index contributed by atoms with van der Waals surface area (Å²) in [6.45, 7) is 1.99. The first-order chi connectivity index (χ1) is 12.5. The Balaban J connectivity index is 1.87. The van der Waals surface area contributed by atoms with Gasteiger partial charge >= 0.3 is 0 Å². The summed E-state index contributed by atoms with van der Waals surface area (Å²) < 4.78 is 1.80. The molecule has 0 bridgehead atoms. The van der Waals surface area contributed by atoms with Crippen LogP contribution < -0.4 is 5.73 Å². The molecule has 0 spiro atoms. The van der Waals surface area contributed by atoms with E-state index in [-0.39, 0.29) is 18.4 Å². The molecule has 2 aromatic carbocycles. The Hall–Kier alpha value is -3.41. The number of hydrogen-bond acceptors (Lipinski definition) is 4. The molecule has 0 fully saturated rings. The van der Waals surface area contributed by atoms with Crippen LogP contribution >= 0.6 is 0 Å². The predicted octanol–water partition coefficient (Wildman–Crippen LogP) is 2.88. The number of nitrogens with two attached hydrogens (primary N) is 1. The number of hydrogen-bond donors (Lipinski definition) is 1. The third-order valence-electron chi connectivity index (χ3n) is 4.70. The Labute approximate surface area is 150 Å². The minimum atomic E-state index is -0.319. The lowest BCUT2D eigenvalue weighted by molar-refractivity contribution is -0.123. The number of amides is 2. The Bertz CT molecular complexity index is 1090. The molecule has 3 aromatic rings. The fraction of sp³-hybridized carbons (Fsp3) is 0.150. The van der Waals surface area contributed by atoms with E-state index in [2.05, 4.69) is 5.10 Å². The predicted molar refractivity (Wildman–Crippen MR) is 100 cm³/mol. The number of rotatable bonds is 2. The summed E-state index contributed by atoms with van der Waals surface area (Å²) in [5, 5.41) is 5.31. The lowest BCUT2D eigenvalue weighted by Crippen LogP contribution is -2.29. The molecule has 0 radical (unpaired) electrons. The molecule has 1 aliphatic heterocycles. The second kappa shape index (κ2) is 5.84. The number of nitrogen functional groups attached to an aromatic ring is 1. The zero-order chi connectivity index (χ0) is 18.4. The van der Waals surface area contributed by atoms with Crippen LogP contribution in [0.5, 0.6) is 0 Å². The van der Waals surface area contributed by atoms with E-state index in [0.29, 0.717) is 11.3 Å². The first kappa shape index (κ1) is 16.1. The quantitative estimate of drug-likeness (QED) is 0.571. The molecule has 6 nitrogen and oxygen atoms in total. The van der Waals surface area contributed by atoms with Gasteiger partial charge in [-0.25, -0.2) is 0 Å². The van der Waals surface area contributed by atoms with Crippen molar-refractivity contribution in [2.24, 2.45) is 7.05 Å². The lowest BCUT2D eigenvalue weighted by Gasteiger charge is -2.11. The van der Waals surface area contributed by atoms with Crippen molar-refractivity contribution in [1.29, 1.82) is 0 Å². The van der Waals surface area contributed by atoms with Crippen molar-refractivity contribution >= 4 is 28.4 Å². The van der Waals surface area contributed by atoms with Gasteiger partial charge in [-0.15, -0.1) is 0 Å². The number of aromatic nitrogens is 2. The van der Waals surface area contributed by atoms with Crippen LogP contribution in [0, 0.1) is 0 Å². The Morgan fingerprint density at radius 1 is 1.23 bits per heavy atom. The minimum absolute atomic E-state index is 0.246. The van der Waals surface area contributed by atoms with E-state index in [0.717, 1.165) is 27.6 Å². The van der Waals surface area contributed by atoms with Crippen molar-refractivity contribution in [3.8, 4) is 11.1 Å². The Morgan fingerprint density at radius 3 is 2.77 bits per heavy atom. The number of aryl methyl sites for hydroxylation is 1. The molecule has 0 aliphatic carbocycles. The van der Waals surface area contributed by atoms with E-state index < -0.39 is 0 Å². The number of benzene rings is 2. The number of allylic oxidation sites excluding steroid dienone is 1. The van der Waals surface area contributed by atoms with Gasteiger partial charge in [-0.1, -0.05) is 18.2 Å². The molecule has 1 aliphatic rings. The molecule has 1 aromatic heterocycles. The van der Waals surface area contributed by atoms with Crippen molar-refractivity contribution in [2.75, 3.05) is 5.73 Å². The zero-order valence-electron chi connectivity index (χ0n) is 14.6. The van der Waals surface area contributed by atoms with Crippen LogP contribution in [0.3, 0.4) is 0 Å². The minimum Gasteiger partial charge on any atom is -0.399 e. The van der Waals surface area contributed by atoms with Gasteiger partial charge in [-0.2, -0.15) is 5.10 Å². The van der Waals surface area contributed by atoms with Crippen molar-refractivity contribution < 1.29 is 9.59 Å². The molecule has 130 valence electrons. The van der Waals surface area contributed by atoms with Crippen LogP contribution in [0.4, 0.5) is 5.69 Å². The molecular weight excluding hydrogens is 328 g/mol. The number of carbonyl (C=O) groups excluding carboxylic acids is 2. The number of nitrogens with zero attached hydrogens (tertiary/aromatic N) is 3. The average Bonchev–Trinajstić information content (AvgIpc) is 3.15. The third-order valence-corrected chi connectivity index (χ3v) is 4.70. The molecule has 0 saturated heterocycles. The highest BCUT2D eigenvalue weighted by Crippen LogP contribution is 2.36. The SMILES string of the molecule is C/C=C/C(=O)N1Cc2c(cc(N)cc2-c2ccc3cnn(C)c3c2)C1=O. The van der Waals surface area contributed by atoms with E-state index in [4.69, 9.17) is 5.73 Å². The molecule has 2 heterocycles. The molecule has 26 heavy (non-hydrogen) atoms. The fourth-order valence-corrected chi connectivity index (χ4v) is 3.41. The number of carbonyl (C=O) groups is 2. The standard InChI is InChI=1S/C20H18N4O2/c1-3-4-19(25)24-11-17-15(8-14(21)9-16(17)20(24)26)12-5-6-13-10-22-23(2)18(13)7-12/h3-10H,11,21H2,1-2H3/b4-3+. The summed E-state index contributed by atoms with van der Waals surface area (Å²) in [5.41, 5.74) is 10.7. The maximum atomic E-state index is 12.7. The highest BCUT2D eigenvalue weighted by atomic mass is 16.2. The van der Waals surface area contributed by atoms with Crippen LogP contribution in [0.1, 0.15) is 22.8 Å². The van der Waals surface area contributed by atoms with Gasteiger partial charge in [0.25, 0.3) is 11.8 Å². The smallest absolute Gasteiger partial charge is 0.261 e. The third kappa shape index (κ3) is 2.38. The van der Waals surface area contributed by atoms with Gasteiger partial charge < -0.3 is 5.73 Å². The van der Waals surface area contributed by atoms with Crippen molar-refractivity contribution in [3.63, 3.8) is 0 Å². The van der Waals surface area contributed by atoms with Crippen LogP contribution in [-0.2, 0) is 18.4 Å². The molecule has 0 saturated carbocycles. The van der Waals surface area contributed by atoms with E-state index in [1.165, 1.54) is 11.0 Å². The van der Waals surface area contributed by atoms with Gasteiger partial charge in [0.15, 0.2) is 0 Å². The Kier molecular flexibility index (Phi) is 3.61. The second-order valence-electron chi connectivity index (χ2n) is 6.37. The molecular formula is C20H18N4O2. The molecule has 6 heteroatoms. The largest absolute Gasteiger partial charge is 0.399 e. The summed E-state index contributed by atoms with van der Waals surface area (Å²) in [6.07, 6.45) is 4.84. The lowest BCUT2D eigenvalue weighted by atomic mass is 9.95. The second-order valence-corrected chi connectivity index (χ2v) is 6.37. The topological polar surface area (TPSA) is 81.2 Å². The van der Waals surface area contributed by atoms with Gasteiger partial charge in [0.2, 0.25) is 0 Å². The van der Waals surface area contributed by atoms with Gasteiger partial charge in [0.05, 0.1) is 18.3 Å². The summed E-state index contributed by atoms with van der Waals surface area (Å²) in [6, 6.07) is 9.50. The van der Waals surface area contributed by atoms with E-state index in [1.54, 1.807) is 23.7 Å². The fourth-order valence-electron chi connectivity index (χ4n) is 3.41. The summed E-state index contributed by atoms with van der Waals surface area (Å²) in [4.78, 5) is 26.1. The maximum absolute atomic E-state index is 12.7. The summed E-state index contributed by atoms with van der Waals surface area (Å²) in [5.74, 6) is -0.626. The number of imide groups is 1. The van der Waals surface area contributed by atoms with E-state index >= 15 is 0 Å². The molecule has 0 atom stereocenters. The van der Waals surface area contributed by atoms with E-state index in [1.807, 2.05) is 37.5 Å². The Morgan fingerprint density at radius 2 is 2.00 bits per heavy atom. The van der Waals surface area contributed by atoms with Gasteiger partial charge in [0, 0.05) is 23.7 Å².